The van der Waals surface area contributed by atoms with Crippen LogP contribution in [-0.4, -0.2) is 33.8 Å². The Morgan fingerprint density at radius 1 is 1.69 bits per heavy atom. The largest absolute Gasteiger partial charge is 0.353 e. The molecule has 2 N–H and O–H groups in total. The molecule has 0 aromatic carbocycles. The Morgan fingerprint density at radius 2 is 2.54 bits per heavy atom. The lowest BCUT2D eigenvalue weighted by Crippen LogP contribution is -2.47. The van der Waals surface area contributed by atoms with E-state index < -0.39 is 0 Å². The van der Waals surface area contributed by atoms with Gasteiger partial charge in [-0.15, -0.1) is 10.2 Å². The van der Waals surface area contributed by atoms with Gasteiger partial charge in [0, 0.05) is 13.6 Å². The second kappa shape index (κ2) is 3.14. The molecule has 1 aliphatic rings. The number of amides is 1. The van der Waals surface area contributed by atoms with Crippen LogP contribution in [0.2, 0.25) is 0 Å². The van der Waals surface area contributed by atoms with Gasteiger partial charge in [-0.05, 0) is 0 Å². The van der Waals surface area contributed by atoms with E-state index in [1.165, 1.54) is 0 Å². The van der Waals surface area contributed by atoms with Gasteiger partial charge in [0.05, 0.1) is 12.6 Å². The molecule has 0 spiro atoms. The van der Waals surface area contributed by atoms with Gasteiger partial charge in [-0.25, -0.2) is 0 Å². The van der Waals surface area contributed by atoms with Crippen molar-refractivity contribution in [3.8, 4) is 0 Å². The van der Waals surface area contributed by atoms with Crippen LogP contribution in [0.15, 0.2) is 6.33 Å². The van der Waals surface area contributed by atoms with Gasteiger partial charge in [-0.2, -0.15) is 0 Å². The van der Waals surface area contributed by atoms with Crippen molar-refractivity contribution in [1.82, 2.24) is 25.4 Å². The van der Waals surface area contributed by atoms with Crippen molar-refractivity contribution >= 4 is 5.91 Å². The lowest BCUT2D eigenvalue weighted by Gasteiger charge is -2.22. The number of carbonyl (C=O) groups excluding carboxylic acids is 1. The summed E-state index contributed by atoms with van der Waals surface area (Å²) in [4.78, 5) is 10.8. The summed E-state index contributed by atoms with van der Waals surface area (Å²) in [5.41, 5.74) is 0. The second-order valence-electron chi connectivity index (χ2n) is 3.04. The maximum Gasteiger partial charge on any atom is 0.234 e. The summed E-state index contributed by atoms with van der Waals surface area (Å²) in [5.74, 6) is 0.874. The Labute approximate surface area is 75.3 Å². The zero-order valence-corrected chi connectivity index (χ0v) is 7.32. The molecule has 1 aliphatic heterocycles. The van der Waals surface area contributed by atoms with Gasteiger partial charge in [-0.3, -0.25) is 10.1 Å². The lowest BCUT2D eigenvalue weighted by molar-refractivity contribution is -0.121. The molecular formula is C7H11N5O. The Kier molecular flexibility index (Phi) is 1.97. The Morgan fingerprint density at radius 3 is 3.08 bits per heavy atom. The average Bonchev–Trinajstić information content (AvgIpc) is 2.53. The molecule has 1 unspecified atom stereocenters. The SMILES string of the molecule is Cn1cnnc1C1CNC(=O)CN1. The van der Waals surface area contributed by atoms with E-state index >= 15 is 0 Å². The van der Waals surface area contributed by atoms with Crippen LogP contribution in [0.1, 0.15) is 11.9 Å². The Balaban J connectivity index is 2.10. The minimum atomic E-state index is 0.0263. The summed E-state index contributed by atoms with van der Waals surface area (Å²) < 4.78 is 1.84. The third-order valence-electron chi connectivity index (χ3n) is 2.07. The molecule has 1 aromatic rings. The minimum Gasteiger partial charge on any atom is -0.353 e. The molecule has 1 fully saturated rings. The van der Waals surface area contributed by atoms with Gasteiger partial charge in [0.25, 0.3) is 0 Å². The molecule has 1 saturated heterocycles. The molecule has 1 atom stereocenters. The predicted molar refractivity (Wildman–Crippen MR) is 44.8 cm³/mol. The highest BCUT2D eigenvalue weighted by Gasteiger charge is 2.21. The van der Waals surface area contributed by atoms with Crippen molar-refractivity contribution in [3.63, 3.8) is 0 Å². The number of carbonyl (C=O) groups is 1. The second-order valence-corrected chi connectivity index (χ2v) is 3.04. The first kappa shape index (κ1) is 8.18. The zero-order valence-electron chi connectivity index (χ0n) is 7.32. The van der Waals surface area contributed by atoms with Gasteiger partial charge in [0.15, 0.2) is 5.82 Å². The number of nitrogens with one attached hydrogen (secondary N) is 2. The smallest absolute Gasteiger partial charge is 0.234 e. The summed E-state index contributed by atoms with van der Waals surface area (Å²) in [5, 5.41) is 13.6. The summed E-state index contributed by atoms with van der Waals surface area (Å²) in [7, 11) is 1.88. The highest BCUT2D eigenvalue weighted by molar-refractivity contribution is 5.78. The van der Waals surface area contributed by atoms with Crippen molar-refractivity contribution in [1.29, 1.82) is 0 Å². The monoisotopic (exact) mass is 181 g/mol. The molecule has 2 rings (SSSR count). The number of hydrogen-bond donors (Lipinski definition) is 2. The van der Waals surface area contributed by atoms with E-state index in [1.54, 1.807) is 6.33 Å². The fourth-order valence-corrected chi connectivity index (χ4v) is 1.36. The van der Waals surface area contributed by atoms with Crippen LogP contribution in [0.25, 0.3) is 0 Å². The minimum absolute atomic E-state index is 0.0263. The Bertz CT molecular complexity index is 310. The fraction of sp³-hybridized carbons (Fsp3) is 0.571. The maximum atomic E-state index is 10.8. The third kappa shape index (κ3) is 1.52. The number of piperazine rings is 1. The van der Waals surface area contributed by atoms with Gasteiger partial charge >= 0.3 is 0 Å². The first-order valence-electron chi connectivity index (χ1n) is 4.11. The van der Waals surface area contributed by atoms with Crippen LogP contribution in [0.3, 0.4) is 0 Å². The summed E-state index contributed by atoms with van der Waals surface area (Å²) >= 11 is 0. The molecule has 1 amide bonds. The van der Waals surface area contributed by atoms with Crippen LogP contribution in [-0.2, 0) is 11.8 Å². The predicted octanol–water partition coefficient (Wildman–Crippen LogP) is -1.42. The van der Waals surface area contributed by atoms with Crippen LogP contribution in [0.5, 0.6) is 0 Å². The van der Waals surface area contributed by atoms with Crippen LogP contribution in [0.4, 0.5) is 0 Å². The molecular weight excluding hydrogens is 170 g/mol. The topological polar surface area (TPSA) is 71.8 Å². The van der Waals surface area contributed by atoms with E-state index in [1.807, 2.05) is 11.6 Å². The summed E-state index contributed by atoms with van der Waals surface area (Å²) in [6.07, 6.45) is 1.65. The van der Waals surface area contributed by atoms with Crippen molar-refractivity contribution in [2.75, 3.05) is 13.1 Å². The molecule has 0 aliphatic carbocycles. The quantitative estimate of drug-likeness (QED) is 0.557. The number of aryl methyl sites for hydroxylation is 1. The first-order valence-corrected chi connectivity index (χ1v) is 4.11. The van der Waals surface area contributed by atoms with Gasteiger partial charge in [0.2, 0.25) is 5.91 Å². The highest BCUT2D eigenvalue weighted by atomic mass is 16.2. The average molecular weight is 181 g/mol. The highest BCUT2D eigenvalue weighted by Crippen LogP contribution is 2.08. The van der Waals surface area contributed by atoms with E-state index in [0.717, 1.165) is 5.82 Å². The molecule has 2 heterocycles. The summed E-state index contributed by atoms with van der Waals surface area (Å²) in [6, 6.07) is 0.0743. The molecule has 0 radical (unpaired) electrons. The van der Waals surface area contributed by atoms with Gasteiger partial charge in [0.1, 0.15) is 6.33 Å². The molecule has 6 nitrogen and oxygen atoms in total. The molecule has 70 valence electrons. The zero-order chi connectivity index (χ0) is 9.26. The third-order valence-corrected chi connectivity index (χ3v) is 2.07. The van der Waals surface area contributed by atoms with E-state index in [9.17, 15) is 4.79 Å². The number of hydrogen-bond acceptors (Lipinski definition) is 4. The molecule has 13 heavy (non-hydrogen) atoms. The van der Waals surface area contributed by atoms with Gasteiger partial charge < -0.3 is 9.88 Å². The normalized spacial score (nSPS) is 22.8. The maximum absolute atomic E-state index is 10.8. The number of rotatable bonds is 1. The van der Waals surface area contributed by atoms with Crippen LogP contribution >= 0.6 is 0 Å². The molecule has 0 bridgehead atoms. The summed E-state index contributed by atoms with van der Waals surface area (Å²) in [6.45, 7) is 0.920. The van der Waals surface area contributed by atoms with E-state index in [0.29, 0.717) is 13.1 Å². The van der Waals surface area contributed by atoms with Crippen molar-refractivity contribution in [3.05, 3.63) is 12.2 Å². The van der Waals surface area contributed by atoms with Gasteiger partial charge in [-0.1, -0.05) is 0 Å². The van der Waals surface area contributed by atoms with E-state index in [-0.39, 0.29) is 11.9 Å². The fourth-order valence-electron chi connectivity index (χ4n) is 1.36. The molecule has 6 heteroatoms. The van der Waals surface area contributed by atoms with E-state index in [4.69, 9.17) is 0 Å². The van der Waals surface area contributed by atoms with Crippen molar-refractivity contribution in [2.45, 2.75) is 6.04 Å². The van der Waals surface area contributed by atoms with Crippen LogP contribution < -0.4 is 10.6 Å². The van der Waals surface area contributed by atoms with Crippen molar-refractivity contribution in [2.24, 2.45) is 7.05 Å². The number of nitrogens with zero attached hydrogens (tertiary/aromatic N) is 3. The molecule has 0 saturated carbocycles. The first-order chi connectivity index (χ1) is 6.27. The Hall–Kier alpha value is -1.43. The van der Waals surface area contributed by atoms with Crippen molar-refractivity contribution < 1.29 is 4.79 Å². The number of aromatic nitrogens is 3. The lowest BCUT2D eigenvalue weighted by atomic mass is 10.2. The standard InChI is InChI=1S/C7H11N5O/c1-12-4-10-11-7(12)5-2-9-6(13)3-8-5/h4-5,8H,2-3H2,1H3,(H,9,13). The van der Waals surface area contributed by atoms with Crippen LogP contribution in [0, 0.1) is 0 Å². The molecule has 1 aromatic heterocycles. The van der Waals surface area contributed by atoms with E-state index in [2.05, 4.69) is 20.8 Å².